The van der Waals surface area contributed by atoms with Gasteiger partial charge in [0, 0.05) is 41.0 Å². The van der Waals surface area contributed by atoms with Crippen molar-refractivity contribution in [3.05, 3.63) is 72.7 Å². The second-order valence-corrected chi connectivity index (χ2v) is 8.93. The fourth-order valence-electron chi connectivity index (χ4n) is 4.81. The topological polar surface area (TPSA) is 110 Å². The van der Waals surface area contributed by atoms with Crippen LogP contribution in [0.25, 0.3) is 44.6 Å². The Balaban J connectivity index is 1.33. The van der Waals surface area contributed by atoms with E-state index in [0.29, 0.717) is 11.1 Å². The Morgan fingerprint density at radius 2 is 1.91 bits per heavy atom. The molecule has 1 saturated carbocycles. The van der Waals surface area contributed by atoms with Crippen LogP contribution in [0.3, 0.4) is 0 Å². The van der Waals surface area contributed by atoms with Crippen molar-refractivity contribution < 1.29 is 9.21 Å². The zero-order chi connectivity index (χ0) is 23.1. The summed E-state index contributed by atoms with van der Waals surface area (Å²) in [6.07, 6.45) is 7.55. The van der Waals surface area contributed by atoms with Crippen LogP contribution < -0.4 is 11.1 Å². The number of nitrogens with one attached hydrogen (secondary N) is 2. The molecule has 0 bridgehead atoms. The number of carbonyl (C=O) groups is 1. The van der Waals surface area contributed by atoms with E-state index in [1.807, 2.05) is 54.6 Å². The maximum Gasteiger partial charge on any atom is 0.251 e. The first kappa shape index (κ1) is 20.6. The number of rotatable bonds is 4. The van der Waals surface area contributed by atoms with Crippen LogP contribution in [0.1, 0.15) is 36.0 Å². The minimum absolute atomic E-state index is 0.0169. The zero-order valence-corrected chi connectivity index (χ0v) is 18.6. The molecule has 34 heavy (non-hydrogen) atoms. The van der Waals surface area contributed by atoms with Crippen molar-refractivity contribution in [3.63, 3.8) is 0 Å². The third-order valence-electron chi connectivity index (χ3n) is 6.69. The van der Waals surface area contributed by atoms with Gasteiger partial charge in [-0.05, 0) is 54.8 Å². The third-order valence-corrected chi connectivity index (χ3v) is 6.69. The molecule has 2 aromatic carbocycles. The van der Waals surface area contributed by atoms with Gasteiger partial charge in [-0.15, -0.1) is 0 Å². The average Bonchev–Trinajstić information content (AvgIpc) is 3.52. The van der Waals surface area contributed by atoms with Crippen LogP contribution in [-0.2, 0) is 0 Å². The predicted octanol–water partition coefficient (Wildman–Crippen LogP) is 5.04. The van der Waals surface area contributed by atoms with Gasteiger partial charge in [0.25, 0.3) is 5.91 Å². The summed E-state index contributed by atoms with van der Waals surface area (Å²) >= 11 is 0. The van der Waals surface area contributed by atoms with Crippen molar-refractivity contribution in [1.29, 1.82) is 0 Å². The van der Waals surface area contributed by atoms with Gasteiger partial charge in [-0.3, -0.25) is 9.78 Å². The van der Waals surface area contributed by atoms with Crippen LogP contribution in [-0.4, -0.2) is 32.9 Å². The number of hydrogen-bond donors (Lipinski definition) is 3. The Kier molecular flexibility index (Phi) is 5.11. The summed E-state index contributed by atoms with van der Waals surface area (Å²) in [4.78, 5) is 24.9. The van der Waals surface area contributed by atoms with Crippen LogP contribution in [0.2, 0.25) is 0 Å². The second kappa shape index (κ2) is 8.43. The summed E-state index contributed by atoms with van der Waals surface area (Å²) in [5.74, 6) is 0.633. The number of benzene rings is 2. The zero-order valence-electron chi connectivity index (χ0n) is 18.6. The highest BCUT2D eigenvalue weighted by atomic mass is 16.3. The molecular weight excluding hydrogens is 426 g/mol. The number of nitrogens with zero attached hydrogens (tertiary/aromatic N) is 2. The molecule has 1 amide bonds. The lowest BCUT2D eigenvalue weighted by atomic mass is 9.91. The lowest BCUT2D eigenvalue weighted by molar-refractivity contribution is 0.0921. The number of furan rings is 1. The molecule has 2 atom stereocenters. The summed E-state index contributed by atoms with van der Waals surface area (Å²) in [5, 5.41) is 3.13. The monoisotopic (exact) mass is 451 g/mol. The van der Waals surface area contributed by atoms with Gasteiger partial charge < -0.3 is 20.5 Å². The Hall–Kier alpha value is -3.97. The van der Waals surface area contributed by atoms with E-state index >= 15 is 0 Å². The Bertz CT molecular complexity index is 1500. The normalized spacial score (nSPS) is 18.4. The smallest absolute Gasteiger partial charge is 0.251 e. The molecule has 4 N–H and O–H groups in total. The molecular formula is C27H25N5O2. The summed E-state index contributed by atoms with van der Waals surface area (Å²) < 4.78 is 6.29. The standard InChI is InChI=1S/C27H25N5O2/c28-20-6-1-2-7-21(20)32-27(33)18-5-3-4-16(12-18)19-10-11-29-24-14-25(34-26(19)24)17-8-9-22-23(13-17)31-15-30-22/h3-5,8-15,20-21H,1-2,6-7,28H2,(H,30,31)(H,32,33). The number of nitrogens with two attached hydrogens (primary N) is 1. The largest absolute Gasteiger partial charge is 0.454 e. The number of H-pyrrole nitrogens is 1. The van der Waals surface area contributed by atoms with Crippen molar-refractivity contribution >= 4 is 28.0 Å². The number of amides is 1. The second-order valence-electron chi connectivity index (χ2n) is 8.93. The molecule has 1 aliphatic rings. The van der Waals surface area contributed by atoms with Crippen molar-refractivity contribution in [2.75, 3.05) is 0 Å². The summed E-state index contributed by atoms with van der Waals surface area (Å²) in [7, 11) is 0. The number of fused-ring (bicyclic) bond motifs is 2. The molecule has 1 aliphatic carbocycles. The van der Waals surface area contributed by atoms with E-state index in [0.717, 1.165) is 64.7 Å². The van der Waals surface area contributed by atoms with Crippen molar-refractivity contribution in [2.24, 2.45) is 5.73 Å². The van der Waals surface area contributed by atoms with Gasteiger partial charge in [-0.1, -0.05) is 25.0 Å². The third kappa shape index (κ3) is 3.74. The Morgan fingerprint density at radius 1 is 1.00 bits per heavy atom. The minimum Gasteiger partial charge on any atom is -0.454 e. The summed E-state index contributed by atoms with van der Waals surface area (Å²) in [6.45, 7) is 0. The lowest BCUT2D eigenvalue weighted by Crippen LogP contribution is -2.49. The van der Waals surface area contributed by atoms with Gasteiger partial charge in [0.1, 0.15) is 11.3 Å². The van der Waals surface area contributed by atoms with Gasteiger partial charge in [0.2, 0.25) is 0 Å². The van der Waals surface area contributed by atoms with E-state index < -0.39 is 0 Å². The summed E-state index contributed by atoms with van der Waals surface area (Å²) in [6, 6.07) is 17.5. The van der Waals surface area contributed by atoms with Crippen LogP contribution in [0.5, 0.6) is 0 Å². The molecule has 6 rings (SSSR count). The lowest BCUT2D eigenvalue weighted by Gasteiger charge is -2.29. The van der Waals surface area contributed by atoms with Gasteiger partial charge in [-0.25, -0.2) is 4.98 Å². The highest BCUT2D eigenvalue weighted by Crippen LogP contribution is 2.34. The molecule has 0 saturated heterocycles. The molecule has 5 aromatic rings. The number of imidazole rings is 1. The molecule has 7 nitrogen and oxygen atoms in total. The molecule has 0 aliphatic heterocycles. The fourth-order valence-corrected chi connectivity index (χ4v) is 4.81. The molecule has 2 unspecified atom stereocenters. The predicted molar refractivity (Wildman–Crippen MR) is 132 cm³/mol. The molecule has 0 spiro atoms. The van der Waals surface area contributed by atoms with Crippen LogP contribution in [0, 0.1) is 0 Å². The summed E-state index contributed by atoms with van der Waals surface area (Å²) in [5.41, 5.74) is 12.9. The highest BCUT2D eigenvalue weighted by Gasteiger charge is 2.24. The number of pyridine rings is 1. The van der Waals surface area contributed by atoms with E-state index in [9.17, 15) is 4.79 Å². The molecule has 170 valence electrons. The number of aromatic amines is 1. The van der Waals surface area contributed by atoms with Crippen LogP contribution in [0.15, 0.2) is 71.5 Å². The van der Waals surface area contributed by atoms with E-state index in [1.54, 1.807) is 12.5 Å². The first-order valence-electron chi connectivity index (χ1n) is 11.6. The van der Waals surface area contributed by atoms with Gasteiger partial charge in [0.05, 0.1) is 17.4 Å². The highest BCUT2D eigenvalue weighted by molar-refractivity contribution is 5.98. The van der Waals surface area contributed by atoms with Crippen molar-refractivity contribution in [3.8, 4) is 22.5 Å². The van der Waals surface area contributed by atoms with Crippen molar-refractivity contribution in [1.82, 2.24) is 20.3 Å². The van der Waals surface area contributed by atoms with Crippen molar-refractivity contribution in [2.45, 2.75) is 37.8 Å². The molecule has 3 heterocycles. The van der Waals surface area contributed by atoms with E-state index in [-0.39, 0.29) is 18.0 Å². The average molecular weight is 452 g/mol. The number of aromatic nitrogens is 3. The van der Waals surface area contributed by atoms with Crippen LogP contribution in [0.4, 0.5) is 0 Å². The van der Waals surface area contributed by atoms with E-state index in [4.69, 9.17) is 10.2 Å². The minimum atomic E-state index is -0.0949. The first-order valence-corrected chi connectivity index (χ1v) is 11.6. The van der Waals surface area contributed by atoms with Crippen LogP contribution >= 0.6 is 0 Å². The van der Waals surface area contributed by atoms with Gasteiger partial charge in [-0.2, -0.15) is 0 Å². The first-order chi connectivity index (χ1) is 16.7. The maximum atomic E-state index is 13.0. The quantitative estimate of drug-likeness (QED) is 0.355. The number of hydrogen-bond acceptors (Lipinski definition) is 5. The maximum absolute atomic E-state index is 13.0. The Morgan fingerprint density at radius 3 is 2.82 bits per heavy atom. The Labute approximate surface area is 196 Å². The number of carbonyl (C=O) groups excluding carboxylic acids is 1. The van der Waals surface area contributed by atoms with E-state index in [2.05, 4.69) is 20.3 Å². The van der Waals surface area contributed by atoms with E-state index in [1.165, 1.54) is 0 Å². The van der Waals surface area contributed by atoms with Gasteiger partial charge >= 0.3 is 0 Å². The SMILES string of the molecule is NC1CCCCC1NC(=O)c1cccc(-c2ccnc3cc(-c4ccc5nc[nH]c5c4)oc23)c1. The molecule has 1 fully saturated rings. The fraction of sp³-hybridized carbons (Fsp3) is 0.222. The van der Waals surface area contributed by atoms with Gasteiger partial charge in [0.15, 0.2) is 5.58 Å². The molecule has 3 aromatic heterocycles. The molecule has 7 heteroatoms. The molecule has 0 radical (unpaired) electrons.